The van der Waals surface area contributed by atoms with E-state index in [1.807, 2.05) is 25.9 Å². The number of aliphatic hydroxyl groups is 1. The van der Waals surface area contributed by atoms with Crippen LogP contribution in [-0.2, 0) is 42.9 Å². The number of cyclic esters (lactones) is 1. The molecule has 3 aliphatic heterocycles. The van der Waals surface area contributed by atoms with E-state index in [2.05, 4.69) is 5.43 Å². The topological polar surface area (TPSA) is 173 Å². The highest BCUT2D eigenvalue weighted by Crippen LogP contribution is 2.42. The summed E-state index contributed by atoms with van der Waals surface area (Å²) in [6, 6.07) is -1.38. The van der Waals surface area contributed by atoms with Gasteiger partial charge in [0.05, 0.1) is 24.4 Å². The van der Waals surface area contributed by atoms with Crippen molar-refractivity contribution in [2.45, 2.75) is 129 Å². The number of rotatable bonds is 8. The van der Waals surface area contributed by atoms with Crippen LogP contribution in [0.4, 0.5) is 4.79 Å². The number of Topliss-reactive ketones (excluding diaryl/α,β-unsaturated/α-hetero) is 2. The molecule has 2 amide bonds. The fourth-order valence-electron chi connectivity index (χ4n) is 7.94. The number of esters is 1. The number of carbonyl (C=O) groups excluding carboxylic acids is 5. The summed E-state index contributed by atoms with van der Waals surface area (Å²) in [5.41, 5.74) is -0.286. The quantitative estimate of drug-likeness (QED) is 0.276. The highest BCUT2D eigenvalue weighted by Gasteiger charge is 2.61. The first-order valence-corrected chi connectivity index (χ1v) is 17.6. The Kier molecular flexibility index (Phi) is 13.6. The maximum Gasteiger partial charge on any atom is 0.429 e. The molecule has 3 rings (SSSR count). The van der Waals surface area contributed by atoms with E-state index < -0.39 is 89.3 Å². The van der Waals surface area contributed by atoms with Crippen molar-refractivity contribution in [1.82, 2.24) is 20.2 Å². The Morgan fingerprint density at radius 2 is 1.64 bits per heavy atom. The van der Waals surface area contributed by atoms with Crippen LogP contribution in [-0.4, -0.2) is 145 Å². The largest absolute Gasteiger partial charge is 0.457 e. The third-order valence-electron chi connectivity index (χ3n) is 10.8. The molecule has 15 heteroatoms. The highest BCUT2D eigenvalue weighted by atomic mass is 16.7. The number of hydrazine groups is 1. The molecular weight excluding hydrogens is 652 g/mol. The van der Waals surface area contributed by atoms with Crippen LogP contribution in [0, 0.1) is 23.7 Å². The van der Waals surface area contributed by atoms with Crippen LogP contribution in [0.2, 0.25) is 0 Å². The second-order valence-electron chi connectivity index (χ2n) is 15.3. The number of nitrogens with zero attached hydrogens (tertiary/aromatic N) is 3. The predicted molar refractivity (Wildman–Crippen MR) is 181 cm³/mol. The summed E-state index contributed by atoms with van der Waals surface area (Å²) in [6.45, 7) is 13.3. The fourth-order valence-corrected chi connectivity index (χ4v) is 7.94. The molecular formula is C35H60N4O11. The van der Waals surface area contributed by atoms with Gasteiger partial charge in [-0.3, -0.25) is 24.6 Å². The van der Waals surface area contributed by atoms with Crippen LogP contribution < -0.4 is 5.43 Å². The van der Waals surface area contributed by atoms with Gasteiger partial charge in [0.1, 0.15) is 30.0 Å². The Hall–Kier alpha value is -2.69. The molecule has 0 bridgehead atoms. The molecule has 0 aromatic carbocycles. The van der Waals surface area contributed by atoms with Crippen molar-refractivity contribution in [3.8, 4) is 0 Å². The maximum atomic E-state index is 14.4. The van der Waals surface area contributed by atoms with Gasteiger partial charge in [0.2, 0.25) is 0 Å². The van der Waals surface area contributed by atoms with E-state index in [0.717, 1.165) is 5.01 Å². The molecule has 0 aromatic rings. The lowest BCUT2D eigenvalue weighted by Gasteiger charge is -2.47. The van der Waals surface area contributed by atoms with Crippen molar-refractivity contribution in [3.05, 3.63) is 0 Å². The van der Waals surface area contributed by atoms with E-state index in [1.165, 1.54) is 14.0 Å². The molecule has 286 valence electrons. The second kappa shape index (κ2) is 16.3. The zero-order valence-electron chi connectivity index (χ0n) is 32.1. The summed E-state index contributed by atoms with van der Waals surface area (Å²) in [4.78, 5) is 72.2. The first kappa shape index (κ1) is 41.7. The van der Waals surface area contributed by atoms with Crippen molar-refractivity contribution >= 4 is 29.5 Å². The van der Waals surface area contributed by atoms with Gasteiger partial charge in [0, 0.05) is 30.9 Å². The molecule has 0 unspecified atom stereocenters. The van der Waals surface area contributed by atoms with Crippen molar-refractivity contribution in [1.29, 1.82) is 0 Å². The van der Waals surface area contributed by atoms with Crippen LogP contribution in [0.25, 0.3) is 0 Å². The van der Waals surface area contributed by atoms with Gasteiger partial charge in [-0.15, -0.1) is 0 Å². The number of ketones is 2. The van der Waals surface area contributed by atoms with Crippen LogP contribution in [0.1, 0.15) is 74.7 Å². The Morgan fingerprint density at radius 3 is 2.18 bits per heavy atom. The molecule has 0 saturated carbocycles. The average molecular weight is 713 g/mol. The van der Waals surface area contributed by atoms with Gasteiger partial charge in [-0.05, 0) is 75.1 Å². The number of fused-ring (bicyclic) bond motifs is 1. The van der Waals surface area contributed by atoms with Crippen LogP contribution in [0.15, 0.2) is 0 Å². The molecule has 3 aliphatic rings. The Bertz CT molecular complexity index is 1260. The van der Waals surface area contributed by atoms with E-state index >= 15 is 0 Å². The van der Waals surface area contributed by atoms with E-state index in [4.69, 9.17) is 23.7 Å². The minimum atomic E-state index is -1.58. The monoisotopic (exact) mass is 712 g/mol. The number of likely N-dealkylation sites (N-methyl/N-ethyl adjacent to an activating group) is 2. The fraction of sp³-hybridized carbons (Fsp3) is 0.857. The normalized spacial score (nSPS) is 40.7. The number of ether oxygens (including phenoxy) is 5. The van der Waals surface area contributed by atoms with E-state index in [9.17, 15) is 29.1 Å². The molecule has 13 atom stereocenters. The number of hydrogen-bond acceptors (Lipinski definition) is 13. The standard InChI is InChI=1S/C35H60N4O11/c1-14-24-35(8)29(39(33(45)50-35)36-25(40)17-37(9)10)20(4)26(41)18(2)16-34(7,46-13)30(21(5)27(42)22(6)31(44)48-24)49-32-28(43)23(38(11)12)15-19(3)47-32/h18-24,28-30,32,43H,14-17H2,1-13H3,(H,36,40)/t18-,19-,20-,21+,22-,23+,24+,28-,29-,30-,32+,34-,35-/m1/s1. The smallest absolute Gasteiger partial charge is 0.429 e. The van der Waals surface area contributed by atoms with Crippen molar-refractivity contribution in [2.75, 3.05) is 41.8 Å². The molecule has 50 heavy (non-hydrogen) atoms. The molecule has 2 N–H and O–H groups in total. The molecule has 15 nitrogen and oxygen atoms in total. The average Bonchev–Trinajstić information content (AvgIpc) is 3.29. The van der Waals surface area contributed by atoms with Crippen LogP contribution in [0.3, 0.4) is 0 Å². The van der Waals surface area contributed by atoms with Gasteiger partial charge in [-0.2, -0.15) is 0 Å². The molecule has 3 heterocycles. The molecule has 0 aliphatic carbocycles. The zero-order chi connectivity index (χ0) is 38.0. The number of carbonyl (C=O) groups is 5. The summed E-state index contributed by atoms with van der Waals surface area (Å²) in [6.07, 6.45) is -4.76. The molecule has 0 aromatic heterocycles. The minimum absolute atomic E-state index is 0.0446. The SMILES string of the molecule is CC[C@@H]1OC(=O)[C@H](C)C(=O)[C@H](C)[C@@H](O[C@@H]2O[C@H](C)C[C@H](N(C)C)[C@H]2O)[C@](C)(OC)C[C@@H](C)C(=O)[C@@H](C)[C@H]2N(NC(=O)CN(C)C)C(=O)O[C@]12C. The van der Waals surface area contributed by atoms with E-state index in [1.54, 1.807) is 60.5 Å². The molecule has 3 saturated heterocycles. The predicted octanol–water partition coefficient (Wildman–Crippen LogP) is 1.78. The molecule has 3 fully saturated rings. The van der Waals surface area contributed by atoms with Gasteiger partial charge < -0.3 is 38.6 Å². The van der Waals surface area contributed by atoms with Gasteiger partial charge in [0.15, 0.2) is 17.7 Å². The summed E-state index contributed by atoms with van der Waals surface area (Å²) >= 11 is 0. The third kappa shape index (κ3) is 8.50. The lowest BCUT2D eigenvalue weighted by atomic mass is 9.73. The Balaban J connectivity index is 2.14. The first-order valence-electron chi connectivity index (χ1n) is 17.6. The summed E-state index contributed by atoms with van der Waals surface area (Å²) in [5, 5.41) is 12.4. The number of aliphatic hydroxyl groups excluding tert-OH is 1. The van der Waals surface area contributed by atoms with Crippen molar-refractivity contribution in [3.63, 3.8) is 0 Å². The number of nitrogens with one attached hydrogen (secondary N) is 1. The van der Waals surface area contributed by atoms with Crippen LogP contribution >= 0.6 is 0 Å². The summed E-state index contributed by atoms with van der Waals surface area (Å²) in [5.74, 6) is -6.06. The Labute approximate surface area is 296 Å². The summed E-state index contributed by atoms with van der Waals surface area (Å²) in [7, 11) is 8.55. The minimum Gasteiger partial charge on any atom is -0.457 e. The number of amides is 2. The van der Waals surface area contributed by atoms with E-state index in [-0.39, 0.29) is 37.3 Å². The maximum absolute atomic E-state index is 14.4. The van der Waals surface area contributed by atoms with Gasteiger partial charge >= 0.3 is 12.1 Å². The van der Waals surface area contributed by atoms with Gasteiger partial charge in [0.25, 0.3) is 5.91 Å². The Morgan fingerprint density at radius 1 is 1.02 bits per heavy atom. The van der Waals surface area contributed by atoms with Gasteiger partial charge in [-0.25, -0.2) is 9.80 Å². The summed E-state index contributed by atoms with van der Waals surface area (Å²) < 4.78 is 30.6. The number of methoxy groups -OCH3 is 1. The highest BCUT2D eigenvalue weighted by molar-refractivity contribution is 6.00. The molecule has 0 spiro atoms. The van der Waals surface area contributed by atoms with E-state index in [0.29, 0.717) is 6.42 Å². The second-order valence-corrected chi connectivity index (χ2v) is 15.3. The zero-order valence-corrected chi connectivity index (χ0v) is 32.1. The molecule has 0 radical (unpaired) electrons. The lowest BCUT2D eigenvalue weighted by molar-refractivity contribution is -0.295. The third-order valence-corrected chi connectivity index (χ3v) is 10.8. The number of hydrogen-bond donors (Lipinski definition) is 2. The van der Waals surface area contributed by atoms with Crippen molar-refractivity contribution in [2.24, 2.45) is 23.7 Å². The van der Waals surface area contributed by atoms with Gasteiger partial charge in [-0.1, -0.05) is 27.7 Å². The first-order chi connectivity index (χ1) is 23.1. The van der Waals surface area contributed by atoms with Crippen LogP contribution in [0.5, 0.6) is 0 Å². The lowest BCUT2D eigenvalue weighted by Crippen LogP contribution is -2.62. The van der Waals surface area contributed by atoms with Crippen molar-refractivity contribution < 1.29 is 52.8 Å².